The van der Waals surface area contributed by atoms with Crippen LogP contribution in [0, 0.1) is 0 Å². The SMILES string of the molecule is COC/C(=C\C(=O)O)c1cn(C)c2ccccc12. The van der Waals surface area contributed by atoms with E-state index in [9.17, 15) is 4.79 Å². The van der Waals surface area contributed by atoms with Crippen molar-refractivity contribution in [3.63, 3.8) is 0 Å². The van der Waals surface area contributed by atoms with Gasteiger partial charge in [-0.15, -0.1) is 0 Å². The number of carbonyl (C=O) groups is 1. The fourth-order valence-corrected chi connectivity index (χ4v) is 2.10. The van der Waals surface area contributed by atoms with Crippen molar-refractivity contribution in [2.24, 2.45) is 7.05 Å². The highest BCUT2D eigenvalue weighted by molar-refractivity contribution is 5.98. The third-order valence-corrected chi connectivity index (χ3v) is 2.84. The summed E-state index contributed by atoms with van der Waals surface area (Å²) in [6, 6.07) is 7.89. The molecule has 0 saturated heterocycles. The first-order valence-corrected chi connectivity index (χ1v) is 5.60. The van der Waals surface area contributed by atoms with E-state index < -0.39 is 5.97 Å². The largest absolute Gasteiger partial charge is 0.478 e. The van der Waals surface area contributed by atoms with Crippen LogP contribution in [0.4, 0.5) is 0 Å². The van der Waals surface area contributed by atoms with E-state index in [1.807, 2.05) is 42.1 Å². The molecule has 4 heteroatoms. The van der Waals surface area contributed by atoms with Gasteiger partial charge in [0.2, 0.25) is 0 Å². The Kier molecular flexibility index (Phi) is 3.48. The minimum Gasteiger partial charge on any atom is -0.478 e. The lowest BCUT2D eigenvalue weighted by Gasteiger charge is -2.04. The van der Waals surface area contributed by atoms with Crippen molar-refractivity contribution < 1.29 is 14.6 Å². The summed E-state index contributed by atoms with van der Waals surface area (Å²) in [4.78, 5) is 10.9. The molecule has 0 atom stereocenters. The number of para-hydroxylation sites is 1. The first-order chi connectivity index (χ1) is 8.63. The van der Waals surface area contributed by atoms with Crippen molar-refractivity contribution in [3.8, 4) is 0 Å². The van der Waals surface area contributed by atoms with Crippen LogP contribution in [0.5, 0.6) is 0 Å². The van der Waals surface area contributed by atoms with E-state index in [-0.39, 0.29) is 6.61 Å². The fraction of sp³-hybridized carbons (Fsp3) is 0.214. The van der Waals surface area contributed by atoms with E-state index in [1.165, 1.54) is 6.08 Å². The van der Waals surface area contributed by atoms with E-state index in [4.69, 9.17) is 9.84 Å². The zero-order valence-electron chi connectivity index (χ0n) is 10.4. The van der Waals surface area contributed by atoms with Crippen molar-refractivity contribution >= 4 is 22.4 Å². The van der Waals surface area contributed by atoms with Crippen LogP contribution in [-0.2, 0) is 16.6 Å². The molecular formula is C14H15NO3. The van der Waals surface area contributed by atoms with Gasteiger partial charge in [-0.2, -0.15) is 0 Å². The molecule has 0 bridgehead atoms. The zero-order chi connectivity index (χ0) is 13.1. The highest BCUT2D eigenvalue weighted by Crippen LogP contribution is 2.26. The summed E-state index contributed by atoms with van der Waals surface area (Å²) in [5.74, 6) is -0.963. The highest BCUT2D eigenvalue weighted by Gasteiger charge is 2.11. The summed E-state index contributed by atoms with van der Waals surface area (Å²) in [5, 5.41) is 9.94. The average molecular weight is 245 g/mol. The third-order valence-electron chi connectivity index (χ3n) is 2.84. The summed E-state index contributed by atoms with van der Waals surface area (Å²) in [6.07, 6.45) is 3.13. The number of benzene rings is 1. The monoisotopic (exact) mass is 245 g/mol. The smallest absolute Gasteiger partial charge is 0.328 e. The topological polar surface area (TPSA) is 51.5 Å². The van der Waals surface area contributed by atoms with E-state index in [0.29, 0.717) is 5.57 Å². The van der Waals surface area contributed by atoms with Gasteiger partial charge in [0.15, 0.2) is 0 Å². The minimum atomic E-state index is -0.963. The molecule has 94 valence electrons. The molecule has 18 heavy (non-hydrogen) atoms. The summed E-state index contributed by atoms with van der Waals surface area (Å²) < 4.78 is 7.06. The molecular weight excluding hydrogens is 230 g/mol. The molecule has 0 aliphatic carbocycles. The number of nitrogens with zero attached hydrogens (tertiary/aromatic N) is 1. The summed E-state index contributed by atoms with van der Waals surface area (Å²) in [7, 11) is 3.50. The second-order valence-corrected chi connectivity index (χ2v) is 4.11. The van der Waals surface area contributed by atoms with Gasteiger partial charge in [0.05, 0.1) is 6.61 Å². The molecule has 2 aromatic rings. The number of ether oxygens (including phenoxy) is 1. The molecule has 1 aromatic carbocycles. The minimum absolute atomic E-state index is 0.278. The Balaban J connectivity index is 2.61. The quantitative estimate of drug-likeness (QED) is 0.841. The van der Waals surface area contributed by atoms with Crippen molar-refractivity contribution in [1.82, 2.24) is 4.57 Å². The number of rotatable bonds is 4. The van der Waals surface area contributed by atoms with Gasteiger partial charge >= 0.3 is 5.97 Å². The molecule has 1 N–H and O–H groups in total. The molecule has 0 aliphatic heterocycles. The molecule has 0 radical (unpaired) electrons. The number of hydrogen-bond donors (Lipinski definition) is 1. The number of aryl methyl sites for hydroxylation is 1. The molecule has 1 heterocycles. The van der Waals surface area contributed by atoms with Gasteiger partial charge < -0.3 is 14.4 Å². The maximum Gasteiger partial charge on any atom is 0.328 e. The maximum absolute atomic E-state index is 10.9. The molecule has 0 spiro atoms. The molecule has 0 fully saturated rings. The Morgan fingerprint density at radius 3 is 2.83 bits per heavy atom. The predicted octanol–water partition coefficient (Wildman–Crippen LogP) is 2.29. The normalized spacial score (nSPS) is 12.0. The number of carboxylic acid groups (broad SMARTS) is 1. The summed E-state index contributed by atoms with van der Waals surface area (Å²) >= 11 is 0. The zero-order valence-corrected chi connectivity index (χ0v) is 10.4. The number of aliphatic carboxylic acids is 1. The van der Waals surface area contributed by atoms with Gasteiger partial charge in [-0.3, -0.25) is 0 Å². The summed E-state index contributed by atoms with van der Waals surface area (Å²) in [5.41, 5.74) is 2.64. The number of hydrogen-bond acceptors (Lipinski definition) is 2. The number of methoxy groups -OCH3 is 1. The first kappa shape index (κ1) is 12.4. The number of carboxylic acids is 1. The van der Waals surface area contributed by atoms with E-state index >= 15 is 0 Å². The van der Waals surface area contributed by atoms with E-state index in [0.717, 1.165) is 16.5 Å². The lowest BCUT2D eigenvalue weighted by Crippen LogP contribution is -1.98. The lowest BCUT2D eigenvalue weighted by atomic mass is 10.1. The van der Waals surface area contributed by atoms with Crippen molar-refractivity contribution in [2.75, 3.05) is 13.7 Å². The van der Waals surface area contributed by atoms with Gasteiger partial charge in [0.1, 0.15) is 0 Å². The molecule has 0 unspecified atom stereocenters. The summed E-state index contributed by atoms with van der Waals surface area (Å²) in [6.45, 7) is 0.278. The van der Waals surface area contributed by atoms with Gasteiger partial charge in [-0.1, -0.05) is 18.2 Å². The first-order valence-electron chi connectivity index (χ1n) is 5.60. The number of fused-ring (bicyclic) bond motifs is 1. The van der Waals surface area contributed by atoms with Crippen LogP contribution < -0.4 is 0 Å². The molecule has 2 rings (SSSR count). The van der Waals surface area contributed by atoms with Crippen LogP contribution >= 0.6 is 0 Å². The Hall–Kier alpha value is -2.07. The molecule has 4 nitrogen and oxygen atoms in total. The van der Waals surface area contributed by atoms with Crippen molar-refractivity contribution in [3.05, 3.63) is 42.1 Å². The molecule has 0 saturated carbocycles. The van der Waals surface area contributed by atoms with Crippen LogP contribution in [0.25, 0.3) is 16.5 Å². The standard InChI is InChI=1S/C14H15NO3/c1-15-8-12(10(9-18-2)7-14(16)17)11-5-3-4-6-13(11)15/h3-8H,9H2,1-2H3,(H,16,17)/b10-7+. The van der Waals surface area contributed by atoms with Gasteiger partial charge in [0, 0.05) is 42.9 Å². The van der Waals surface area contributed by atoms with E-state index in [2.05, 4.69) is 0 Å². The van der Waals surface area contributed by atoms with Crippen LogP contribution in [0.3, 0.4) is 0 Å². The Bertz CT molecular complexity index is 611. The average Bonchev–Trinajstić information content (AvgIpc) is 2.67. The van der Waals surface area contributed by atoms with Crippen LogP contribution in [0.15, 0.2) is 36.5 Å². The third kappa shape index (κ3) is 2.28. The van der Waals surface area contributed by atoms with Crippen LogP contribution in [-0.4, -0.2) is 29.4 Å². The highest BCUT2D eigenvalue weighted by atomic mass is 16.5. The number of aromatic nitrogens is 1. The fourth-order valence-electron chi connectivity index (χ4n) is 2.10. The molecule has 0 aliphatic rings. The Labute approximate surface area is 105 Å². The maximum atomic E-state index is 10.9. The van der Waals surface area contributed by atoms with Crippen LogP contribution in [0.2, 0.25) is 0 Å². The van der Waals surface area contributed by atoms with Gasteiger partial charge in [-0.25, -0.2) is 4.79 Å². The lowest BCUT2D eigenvalue weighted by molar-refractivity contribution is -0.131. The Morgan fingerprint density at radius 2 is 2.17 bits per heavy atom. The van der Waals surface area contributed by atoms with Crippen molar-refractivity contribution in [1.29, 1.82) is 0 Å². The van der Waals surface area contributed by atoms with Crippen molar-refractivity contribution in [2.45, 2.75) is 0 Å². The second-order valence-electron chi connectivity index (χ2n) is 4.11. The predicted molar refractivity (Wildman–Crippen MR) is 70.4 cm³/mol. The van der Waals surface area contributed by atoms with Gasteiger partial charge in [0.25, 0.3) is 0 Å². The molecule has 1 aromatic heterocycles. The second kappa shape index (κ2) is 5.06. The van der Waals surface area contributed by atoms with Gasteiger partial charge in [-0.05, 0) is 11.6 Å². The van der Waals surface area contributed by atoms with Crippen LogP contribution in [0.1, 0.15) is 5.56 Å². The van der Waals surface area contributed by atoms with E-state index in [1.54, 1.807) is 7.11 Å². The Morgan fingerprint density at radius 1 is 1.44 bits per heavy atom. The molecule has 0 amide bonds.